The molecule has 0 bridgehead atoms. The van der Waals surface area contributed by atoms with Gasteiger partial charge in [-0.25, -0.2) is 4.79 Å². The maximum atomic E-state index is 12.2. The molecule has 0 aromatic heterocycles. The van der Waals surface area contributed by atoms with Gasteiger partial charge in [0.2, 0.25) is 0 Å². The van der Waals surface area contributed by atoms with E-state index in [9.17, 15) is 14.4 Å². The molecule has 0 aliphatic heterocycles. The normalized spacial score (nSPS) is 11.2. The van der Waals surface area contributed by atoms with Gasteiger partial charge in [0, 0.05) is 23.7 Å². The summed E-state index contributed by atoms with van der Waals surface area (Å²) in [5, 5.41) is 6.11. The summed E-state index contributed by atoms with van der Waals surface area (Å²) < 4.78 is 15.2. The summed E-state index contributed by atoms with van der Waals surface area (Å²) in [6.45, 7) is 4.32. The van der Waals surface area contributed by atoms with Crippen LogP contribution in [0.4, 0.5) is 4.79 Å². The minimum Gasteiger partial charge on any atom is -0.481 e. The van der Waals surface area contributed by atoms with Crippen LogP contribution in [0.3, 0.4) is 0 Å². The van der Waals surface area contributed by atoms with Gasteiger partial charge in [0.1, 0.15) is 11.5 Å². The van der Waals surface area contributed by atoms with Crippen LogP contribution in [0.15, 0.2) is 48.5 Å². The van der Waals surface area contributed by atoms with Crippen molar-refractivity contribution in [2.45, 2.75) is 26.4 Å². The van der Waals surface area contributed by atoms with Crippen LogP contribution < -0.4 is 20.1 Å². The van der Waals surface area contributed by atoms with Gasteiger partial charge in [-0.05, 0) is 68.8 Å². The molecule has 0 spiro atoms. The van der Waals surface area contributed by atoms with E-state index < -0.39 is 12.3 Å². The standard InChI is InChI=1S/C22H25ClN2O6/c1-3-29-22(28)31-19-9-5-16(6-10-19)21(27)25-14-4-13-24-20(26)15(2)30-18-11-7-17(23)8-12-18/h5-12,15H,3-4,13-14H2,1-2H3,(H,24,26)(H,25,27). The molecule has 0 aliphatic rings. The molecule has 2 aromatic rings. The monoisotopic (exact) mass is 448 g/mol. The van der Waals surface area contributed by atoms with Gasteiger partial charge in [-0.2, -0.15) is 0 Å². The highest BCUT2D eigenvalue weighted by molar-refractivity contribution is 6.30. The molecule has 0 radical (unpaired) electrons. The van der Waals surface area contributed by atoms with E-state index in [1.165, 1.54) is 12.1 Å². The number of hydrogen-bond donors (Lipinski definition) is 2. The van der Waals surface area contributed by atoms with Crippen LogP contribution in [0.2, 0.25) is 5.02 Å². The molecule has 0 heterocycles. The average Bonchev–Trinajstić information content (AvgIpc) is 2.75. The lowest BCUT2D eigenvalue weighted by atomic mass is 10.2. The Morgan fingerprint density at radius 1 is 0.935 bits per heavy atom. The fourth-order valence-electron chi connectivity index (χ4n) is 2.44. The fourth-order valence-corrected chi connectivity index (χ4v) is 2.56. The number of benzene rings is 2. The largest absolute Gasteiger partial charge is 0.513 e. The summed E-state index contributed by atoms with van der Waals surface area (Å²) >= 11 is 5.82. The Bertz CT molecular complexity index is 871. The Morgan fingerprint density at radius 3 is 2.19 bits per heavy atom. The first-order valence-corrected chi connectivity index (χ1v) is 10.2. The molecule has 0 saturated heterocycles. The second-order valence-corrected chi connectivity index (χ2v) is 6.86. The minimum atomic E-state index is -0.797. The summed E-state index contributed by atoms with van der Waals surface area (Å²) in [7, 11) is 0. The van der Waals surface area contributed by atoms with E-state index in [1.807, 2.05) is 0 Å². The summed E-state index contributed by atoms with van der Waals surface area (Å²) in [5.41, 5.74) is 0.422. The van der Waals surface area contributed by atoms with E-state index >= 15 is 0 Å². The van der Waals surface area contributed by atoms with Gasteiger partial charge < -0.3 is 24.8 Å². The zero-order valence-electron chi connectivity index (χ0n) is 17.4. The molecular weight excluding hydrogens is 424 g/mol. The number of rotatable bonds is 10. The van der Waals surface area contributed by atoms with Crippen molar-refractivity contribution in [3.63, 3.8) is 0 Å². The van der Waals surface area contributed by atoms with Crippen molar-refractivity contribution in [2.24, 2.45) is 0 Å². The van der Waals surface area contributed by atoms with E-state index in [2.05, 4.69) is 15.4 Å². The maximum absolute atomic E-state index is 12.2. The van der Waals surface area contributed by atoms with Crippen molar-refractivity contribution in [2.75, 3.05) is 19.7 Å². The zero-order valence-corrected chi connectivity index (χ0v) is 18.1. The number of amides is 2. The average molecular weight is 449 g/mol. The molecule has 0 saturated carbocycles. The predicted octanol–water partition coefficient (Wildman–Crippen LogP) is 3.58. The van der Waals surface area contributed by atoms with Gasteiger partial charge in [-0.1, -0.05) is 11.6 Å². The number of hydrogen-bond acceptors (Lipinski definition) is 6. The number of nitrogens with one attached hydrogen (secondary N) is 2. The lowest BCUT2D eigenvalue weighted by molar-refractivity contribution is -0.127. The molecule has 0 aliphatic carbocycles. The molecule has 8 nitrogen and oxygen atoms in total. The number of halogens is 1. The summed E-state index contributed by atoms with van der Waals surface area (Å²) in [5.74, 6) is 0.317. The minimum absolute atomic E-state index is 0.216. The van der Waals surface area contributed by atoms with Crippen LogP contribution in [0.25, 0.3) is 0 Å². The topological polar surface area (TPSA) is 103 Å². The molecule has 0 fully saturated rings. The first-order chi connectivity index (χ1) is 14.9. The second kappa shape index (κ2) is 12.4. The number of carbonyl (C=O) groups excluding carboxylic acids is 3. The molecule has 2 aromatic carbocycles. The Hall–Kier alpha value is -3.26. The molecule has 31 heavy (non-hydrogen) atoms. The van der Waals surface area contributed by atoms with Crippen LogP contribution in [0.5, 0.6) is 11.5 Å². The van der Waals surface area contributed by atoms with Crippen molar-refractivity contribution < 1.29 is 28.6 Å². The molecule has 2 N–H and O–H groups in total. The molecule has 166 valence electrons. The lowest BCUT2D eigenvalue weighted by Crippen LogP contribution is -2.37. The van der Waals surface area contributed by atoms with Gasteiger partial charge in [-0.3, -0.25) is 9.59 Å². The van der Waals surface area contributed by atoms with Crippen LogP contribution in [0, 0.1) is 0 Å². The quantitative estimate of drug-likeness (QED) is 0.327. The first-order valence-electron chi connectivity index (χ1n) is 9.82. The van der Waals surface area contributed by atoms with Crippen molar-refractivity contribution >= 4 is 29.6 Å². The van der Waals surface area contributed by atoms with Crippen molar-refractivity contribution in [1.29, 1.82) is 0 Å². The number of carbonyl (C=O) groups is 3. The van der Waals surface area contributed by atoms with Crippen LogP contribution in [-0.2, 0) is 9.53 Å². The van der Waals surface area contributed by atoms with Crippen LogP contribution >= 0.6 is 11.6 Å². The van der Waals surface area contributed by atoms with Crippen molar-refractivity contribution in [3.8, 4) is 11.5 Å². The molecule has 2 rings (SSSR count). The number of ether oxygens (including phenoxy) is 3. The third kappa shape index (κ3) is 8.55. The summed E-state index contributed by atoms with van der Waals surface area (Å²) in [4.78, 5) is 35.5. The highest BCUT2D eigenvalue weighted by Gasteiger charge is 2.14. The highest BCUT2D eigenvalue weighted by atomic mass is 35.5. The van der Waals surface area contributed by atoms with E-state index in [1.54, 1.807) is 50.2 Å². The van der Waals surface area contributed by atoms with Gasteiger partial charge in [0.05, 0.1) is 6.61 Å². The zero-order chi connectivity index (χ0) is 22.6. The van der Waals surface area contributed by atoms with E-state index in [0.29, 0.717) is 35.8 Å². The Kier molecular flexibility index (Phi) is 9.64. The van der Waals surface area contributed by atoms with E-state index in [4.69, 9.17) is 21.1 Å². The molecule has 2 amide bonds. The van der Waals surface area contributed by atoms with E-state index in [-0.39, 0.29) is 24.2 Å². The smallest absolute Gasteiger partial charge is 0.481 e. The SMILES string of the molecule is CCOC(=O)Oc1ccc(C(=O)NCCCNC(=O)C(C)Oc2ccc(Cl)cc2)cc1. The van der Waals surface area contributed by atoms with Crippen molar-refractivity contribution in [3.05, 3.63) is 59.1 Å². The third-order valence-corrected chi connectivity index (χ3v) is 4.27. The summed E-state index contributed by atoms with van der Waals surface area (Å²) in [6, 6.07) is 12.9. The molecular formula is C22H25ClN2O6. The Labute approximate surface area is 185 Å². The third-order valence-electron chi connectivity index (χ3n) is 4.01. The summed E-state index contributed by atoms with van der Waals surface area (Å²) in [6.07, 6.45) is -0.907. The van der Waals surface area contributed by atoms with Crippen LogP contribution in [-0.4, -0.2) is 43.8 Å². The molecule has 1 unspecified atom stereocenters. The lowest BCUT2D eigenvalue weighted by Gasteiger charge is -2.15. The van der Waals surface area contributed by atoms with Crippen molar-refractivity contribution in [1.82, 2.24) is 10.6 Å². The fraction of sp³-hybridized carbons (Fsp3) is 0.318. The highest BCUT2D eigenvalue weighted by Crippen LogP contribution is 2.17. The second-order valence-electron chi connectivity index (χ2n) is 6.42. The van der Waals surface area contributed by atoms with Crippen LogP contribution in [0.1, 0.15) is 30.6 Å². The Balaban J connectivity index is 1.65. The van der Waals surface area contributed by atoms with Gasteiger partial charge >= 0.3 is 6.16 Å². The van der Waals surface area contributed by atoms with Gasteiger partial charge in [0.25, 0.3) is 11.8 Å². The Morgan fingerprint density at radius 2 is 1.55 bits per heavy atom. The van der Waals surface area contributed by atoms with Gasteiger partial charge in [-0.15, -0.1) is 0 Å². The maximum Gasteiger partial charge on any atom is 0.513 e. The molecule has 9 heteroatoms. The molecule has 1 atom stereocenters. The van der Waals surface area contributed by atoms with Gasteiger partial charge in [0.15, 0.2) is 6.10 Å². The predicted molar refractivity (Wildman–Crippen MR) is 116 cm³/mol. The van der Waals surface area contributed by atoms with E-state index in [0.717, 1.165) is 0 Å². The first kappa shape index (κ1) is 24.0.